The Kier molecular flexibility index (Phi) is 6.54. The van der Waals surface area contributed by atoms with E-state index >= 15 is 0 Å². The number of hydrogen-bond donors (Lipinski definition) is 4. The first-order valence-corrected chi connectivity index (χ1v) is 8.00. The molecule has 2 saturated carbocycles. The van der Waals surface area contributed by atoms with Crippen molar-refractivity contribution in [3.8, 4) is 0 Å². The topological polar surface area (TPSA) is 118 Å². The summed E-state index contributed by atoms with van der Waals surface area (Å²) < 4.78 is 5.29. The summed E-state index contributed by atoms with van der Waals surface area (Å²) in [5, 5.41) is 38.1. The normalized spacial score (nSPS) is 25.1. The zero-order valence-electron chi connectivity index (χ0n) is 12.6. The largest absolute Gasteiger partial charge is 0.346 e. The monoisotopic (exact) mass is 322 g/mol. The minimum atomic E-state index is -2.41. The summed E-state index contributed by atoms with van der Waals surface area (Å²) in [5.41, 5.74) is 0. The smallest absolute Gasteiger partial charge is 0.341 e. The van der Waals surface area contributed by atoms with Crippen LogP contribution in [0.2, 0.25) is 0 Å². The first kappa shape index (κ1) is 18.0. The second kappa shape index (κ2) is 7.98. The maximum absolute atomic E-state index is 10.5. The van der Waals surface area contributed by atoms with Crippen LogP contribution in [0.15, 0.2) is 0 Å². The van der Waals surface area contributed by atoms with Gasteiger partial charge < -0.3 is 5.11 Å². The Morgan fingerprint density at radius 2 is 1.09 bits per heavy atom. The Hall–Kier alpha value is -0.320. The fourth-order valence-electron chi connectivity index (χ4n) is 3.59. The third-order valence-electron chi connectivity index (χ3n) is 4.90. The molecule has 0 aromatic carbocycles. The summed E-state index contributed by atoms with van der Waals surface area (Å²) in [6, 6.07) is 0. The van der Waals surface area contributed by atoms with Gasteiger partial charge in [-0.2, -0.15) is 14.7 Å². The average Bonchev–Trinajstić information content (AvgIpc) is 2.61. The highest BCUT2D eigenvalue weighted by Gasteiger charge is 2.54. The maximum atomic E-state index is 10.5. The molecule has 0 amide bonds. The molecule has 0 saturated heterocycles. The van der Waals surface area contributed by atoms with E-state index in [2.05, 4.69) is 14.7 Å². The van der Waals surface area contributed by atoms with Crippen LogP contribution in [0.1, 0.15) is 64.2 Å². The van der Waals surface area contributed by atoms with E-state index in [0.29, 0.717) is 25.7 Å². The van der Waals surface area contributed by atoms with Crippen molar-refractivity contribution in [1.82, 2.24) is 0 Å². The van der Waals surface area contributed by atoms with Crippen LogP contribution in [-0.4, -0.2) is 32.8 Å². The second-order valence-corrected chi connectivity index (χ2v) is 6.28. The SMILES string of the molecule is OOC(O)(OC(OO)(OO)C1CCCCC1)C1CCCCC1. The molecule has 0 heterocycles. The lowest BCUT2D eigenvalue weighted by molar-refractivity contribution is -0.642. The Morgan fingerprint density at radius 1 is 0.636 bits per heavy atom. The Morgan fingerprint density at radius 3 is 1.50 bits per heavy atom. The molecule has 0 aromatic heterocycles. The van der Waals surface area contributed by atoms with Crippen molar-refractivity contribution >= 4 is 0 Å². The van der Waals surface area contributed by atoms with E-state index in [9.17, 15) is 15.6 Å². The van der Waals surface area contributed by atoms with Gasteiger partial charge in [-0.1, -0.05) is 38.5 Å². The van der Waals surface area contributed by atoms with Crippen LogP contribution >= 0.6 is 0 Å². The quantitative estimate of drug-likeness (QED) is 0.321. The van der Waals surface area contributed by atoms with Gasteiger partial charge in [-0.15, -0.1) is 0 Å². The van der Waals surface area contributed by atoms with Crippen molar-refractivity contribution < 1.29 is 40.3 Å². The maximum Gasteiger partial charge on any atom is 0.346 e. The number of aliphatic hydroxyl groups is 1. The summed E-state index contributed by atoms with van der Waals surface area (Å²) in [4.78, 5) is 12.7. The molecule has 1 unspecified atom stereocenters. The van der Waals surface area contributed by atoms with Gasteiger partial charge >= 0.3 is 11.9 Å². The van der Waals surface area contributed by atoms with Crippen LogP contribution in [0.3, 0.4) is 0 Å². The summed E-state index contributed by atoms with van der Waals surface area (Å²) in [6.07, 6.45) is 7.77. The molecule has 22 heavy (non-hydrogen) atoms. The van der Waals surface area contributed by atoms with Gasteiger partial charge in [0.2, 0.25) is 0 Å². The molecular formula is C14H26O8. The summed E-state index contributed by atoms with van der Waals surface area (Å²) in [7, 11) is 0. The molecule has 130 valence electrons. The van der Waals surface area contributed by atoms with Crippen molar-refractivity contribution in [3.05, 3.63) is 0 Å². The van der Waals surface area contributed by atoms with Crippen LogP contribution in [-0.2, 0) is 19.4 Å². The van der Waals surface area contributed by atoms with Crippen molar-refractivity contribution in [1.29, 1.82) is 0 Å². The van der Waals surface area contributed by atoms with Crippen molar-refractivity contribution in [3.63, 3.8) is 0 Å². The predicted octanol–water partition coefficient (Wildman–Crippen LogP) is 2.93. The molecule has 2 aliphatic rings. The van der Waals surface area contributed by atoms with Gasteiger partial charge in [0.15, 0.2) is 0 Å². The fraction of sp³-hybridized carbons (Fsp3) is 1.00. The first-order valence-electron chi connectivity index (χ1n) is 8.00. The van der Waals surface area contributed by atoms with E-state index in [1.54, 1.807) is 0 Å². The summed E-state index contributed by atoms with van der Waals surface area (Å²) >= 11 is 0. The molecule has 8 nitrogen and oxygen atoms in total. The van der Waals surface area contributed by atoms with E-state index < -0.39 is 23.8 Å². The lowest BCUT2D eigenvalue weighted by atomic mass is 9.86. The minimum absolute atomic E-state index is 0.499. The zero-order valence-corrected chi connectivity index (χ0v) is 12.6. The van der Waals surface area contributed by atoms with Gasteiger partial charge in [0.1, 0.15) is 0 Å². The Bertz CT molecular complexity index is 323. The highest BCUT2D eigenvalue weighted by Crippen LogP contribution is 2.42. The van der Waals surface area contributed by atoms with Crippen molar-refractivity contribution in [2.24, 2.45) is 11.8 Å². The van der Waals surface area contributed by atoms with Gasteiger partial charge in [0.25, 0.3) is 0 Å². The van der Waals surface area contributed by atoms with Crippen LogP contribution in [0.4, 0.5) is 0 Å². The van der Waals surface area contributed by atoms with Crippen molar-refractivity contribution in [2.45, 2.75) is 76.2 Å². The highest BCUT2D eigenvalue weighted by atomic mass is 17.3. The van der Waals surface area contributed by atoms with Gasteiger partial charge in [-0.25, -0.2) is 15.8 Å². The third kappa shape index (κ3) is 3.77. The number of rotatable bonds is 7. The first-order chi connectivity index (χ1) is 10.6. The number of ether oxygens (including phenoxy) is 1. The van der Waals surface area contributed by atoms with Crippen LogP contribution in [0.25, 0.3) is 0 Å². The molecule has 0 aliphatic heterocycles. The van der Waals surface area contributed by atoms with E-state index in [1.165, 1.54) is 0 Å². The number of hydrogen-bond acceptors (Lipinski definition) is 8. The van der Waals surface area contributed by atoms with Crippen LogP contribution < -0.4 is 0 Å². The van der Waals surface area contributed by atoms with E-state index in [1.807, 2.05) is 0 Å². The fourth-order valence-corrected chi connectivity index (χ4v) is 3.59. The third-order valence-corrected chi connectivity index (χ3v) is 4.90. The molecule has 0 spiro atoms. The highest BCUT2D eigenvalue weighted by molar-refractivity contribution is 4.79. The zero-order chi connectivity index (χ0) is 16.1. The van der Waals surface area contributed by atoms with Gasteiger partial charge in [-0.3, -0.25) is 4.74 Å². The van der Waals surface area contributed by atoms with Gasteiger partial charge in [0.05, 0.1) is 0 Å². The molecule has 2 rings (SSSR count). The molecule has 0 radical (unpaired) electrons. The Balaban J connectivity index is 2.15. The molecule has 2 aliphatic carbocycles. The predicted molar refractivity (Wildman–Crippen MR) is 73.1 cm³/mol. The molecule has 4 N–H and O–H groups in total. The standard InChI is InChI=1S/C14H26O8/c15-13(20-16,11-7-3-1-4-8-11)19-14(21-17,22-18)12-9-5-2-6-10-12/h11-12,15-18H,1-10H2. The van der Waals surface area contributed by atoms with Crippen molar-refractivity contribution in [2.75, 3.05) is 0 Å². The van der Waals surface area contributed by atoms with Gasteiger partial charge in [-0.05, 0) is 25.7 Å². The Labute approximate surface area is 129 Å². The molecule has 0 bridgehead atoms. The van der Waals surface area contributed by atoms with E-state index in [4.69, 9.17) is 9.99 Å². The molecule has 8 heteroatoms. The summed E-state index contributed by atoms with van der Waals surface area (Å²) in [5.74, 6) is -5.71. The van der Waals surface area contributed by atoms with Crippen LogP contribution in [0.5, 0.6) is 0 Å². The van der Waals surface area contributed by atoms with E-state index in [-0.39, 0.29) is 0 Å². The van der Waals surface area contributed by atoms with Gasteiger partial charge in [0, 0.05) is 11.8 Å². The minimum Gasteiger partial charge on any atom is -0.341 e. The molecule has 1 atom stereocenters. The van der Waals surface area contributed by atoms with E-state index in [0.717, 1.165) is 38.5 Å². The molecule has 2 fully saturated rings. The molecular weight excluding hydrogens is 296 g/mol. The average molecular weight is 322 g/mol. The lowest BCUT2D eigenvalue weighted by Gasteiger charge is -2.43. The second-order valence-electron chi connectivity index (χ2n) is 6.28. The van der Waals surface area contributed by atoms with Crippen LogP contribution in [0, 0.1) is 11.8 Å². The summed E-state index contributed by atoms with van der Waals surface area (Å²) in [6.45, 7) is 0. The molecule has 0 aromatic rings. The lowest BCUT2D eigenvalue weighted by Crippen LogP contribution is -2.56.